The zero-order chi connectivity index (χ0) is 17.2. The summed E-state index contributed by atoms with van der Waals surface area (Å²) >= 11 is 0. The van der Waals surface area contributed by atoms with Crippen molar-refractivity contribution in [2.45, 2.75) is 13.8 Å². The molecule has 1 rings (SSSR count). The summed E-state index contributed by atoms with van der Waals surface area (Å²) in [5.41, 5.74) is 1.69. The molecule has 0 bridgehead atoms. The number of amides is 2. The Bertz CT molecular complexity index is 659. The Morgan fingerprint density at radius 3 is 2.65 bits per heavy atom. The summed E-state index contributed by atoms with van der Waals surface area (Å²) in [5, 5.41) is 20.3. The fraction of sp³-hybridized carbons (Fsp3) is 0.333. The van der Waals surface area contributed by atoms with Gasteiger partial charge < -0.3 is 9.47 Å². The maximum atomic E-state index is 11.6. The molecule has 0 fully saturated rings. The highest BCUT2D eigenvalue weighted by atomic mass is 16.5. The van der Waals surface area contributed by atoms with Crippen LogP contribution in [0.2, 0.25) is 0 Å². The van der Waals surface area contributed by atoms with Crippen LogP contribution in [0.25, 0.3) is 0 Å². The van der Waals surface area contributed by atoms with Crippen molar-refractivity contribution in [3.63, 3.8) is 0 Å². The molecule has 23 heavy (non-hydrogen) atoms. The van der Waals surface area contributed by atoms with Crippen LogP contribution >= 0.6 is 0 Å². The third kappa shape index (κ3) is 5.12. The second-order valence-electron chi connectivity index (χ2n) is 3.74. The number of nitrogens with zero attached hydrogens (tertiary/aromatic N) is 3. The molecule has 122 valence electrons. The van der Waals surface area contributed by atoms with Gasteiger partial charge >= 0.3 is 12.1 Å². The van der Waals surface area contributed by atoms with Crippen molar-refractivity contribution in [1.29, 1.82) is 5.26 Å². The molecule has 0 saturated carbocycles. The molecule has 2 amide bonds. The fourth-order valence-corrected chi connectivity index (χ4v) is 1.29. The summed E-state index contributed by atoms with van der Waals surface area (Å²) in [5.74, 6) is -1.69. The van der Waals surface area contributed by atoms with Crippen LogP contribution in [0.1, 0.15) is 24.2 Å². The Kier molecular flexibility index (Phi) is 6.73. The lowest BCUT2D eigenvalue weighted by atomic mass is 10.3. The molecule has 0 radical (unpaired) electrons. The van der Waals surface area contributed by atoms with E-state index in [0.717, 1.165) is 0 Å². The highest BCUT2D eigenvalue weighted by Gasteiger charge is 2.17. The van der Waals surface area contributed by atoms with E-state index >= 15 is 0 Å². The number of hydrogen-bond acceptors (Lipinski definition) is 9. The second kappa shape index (κ2) is 8.78. The van der Waals surface area contributed by atoms with Gasteiger partial charge in [0.05, 0.1) is 19.4 Å². The average molecular weight is 322 g/mol. The topological polar surface area (TPSA) is 159 Å². The van der Waals surface area contributed by atoms with Crippen molar-refractivity contribution >= 4 is 29.5 Å². The molecule has 1 aromatic rings. The minimum absolute atomic E-state index is 0.0279. The number of hydrogen-bond donors (Lipinski definition) is 3. The number of hydrazone groups is 1. The van der Waals surface area contributed by atoms with Crippen molar-refractivity contribution in [3.8, 4) is 6.07 Å². The normalized spacial score (nSPS) is 10.4. The monoisotopic (exact) mass is 322 g/mol. The van der Waals surface area contributed by atoms with E-state index < -0.39 is 23.7 Å². The number of nitriles is 1. The van der Waals surface area contributed by atoms with Gasteiger partial charge in [0.1, 0.15) is 11.6 Å². The van der Waals surface area contributed by atoms with E-state index in [9.17, 15) is 14.4 Å². The summed E-state index contributed by atoms with van der Waals surface area (Å²) in [4.78, 5) is 34.3. The van der Waals surface area contributed by atoms with Crippen molar-refractivity contribution in [3.05, 3.63) is 11.8 Å². The molecule has 1 heterocycles. The smallest absolute Gasteiger partial charge is 0.414 e. The number of alkyl carbamates (subject to hydrolysis) is 1. The lowest BCUT2D eigenvalue weighted by molar-refractivity contribution is -0.114. The minimum Gasteiger partial charge on any atom is -0.462 e. The number of imide groups is 1. The molecule has 0 aliphatic carbocycles. The van der Waals surface area contributed by atoms with Gasteiger partial charge in [-0.25, -0.2) is 9.59 Å². The van der Waals surface area contributed by atoms with Gasteiger partial charge in [-0.2, -0.15) is 15.5 Å². The Morgan fingerprint density at radius 1 is 1.35 bits per heavy atom. The first-order valence-electron chi connectivity index (χ1n) is 6.45. The summed E-state index contributed by atoms with van der Waals surface area (Å²) in [6.45, 7) is 3.42. The van der Waals surface area contributed by atoms with Crippen LogP contribution in [-0.4, -0.2) is 47.1 Å². The van der Waals surface area contributed by atoms with Crippen molar-refractivity contribution < 1.29 is 23.9 Å². The van der Waals surface area contributed by atoms with Crippen LogP contribution in [0.4, 0.5) is 10.6 Å². The maximum absolute atomic E-state index is 11.6. The molecule has 0 saturated heterocycles. The number of carbonyl (C=O) groups excluding carboxylic acids is 3. The maximum Gasteiger partial charge on any atom is 0.414 e. The lowest BCUT2D eigenvalue weighted by Gasteiger charge is -2.04. The first-order valence-corrected chi connectivity index (χ1v) is 6.45. The number of ether oxygens (including phenoxy) is 2. The van der Waals surface area contributed by atoms with E-state index in [1.165, 1.54) is 12.3 Å². The Hall–Kier alpha value is -3.42. The number of aromatic amines is 1. The van der Waals surface area contributed by atoms with E-state index in [0.29, 0.717) is 0 Å². The summed E-state index contributed by atoms with van der Waals surface area (Å²) in [6, 6.07) is 1.50. The average Bonchev–Trinajstić information content (AvgIpc) is 2.96. The van der Waals surface area contributed by atoms with Crippen LogP contribution in [0.5, 0.6) is 0 Å². The van der Waals surface area contributed by atoms with Gasteiger partial charge in [-0.05, 0) is 13.8 Å². The van der Waals surface area contributed by atoms with E-state index in [1.54, 1.807) is 13.8 Å². The predicted octanol–water partition coefficient (Wildman–Crippen LogP) is 0.151. The molecule has 11 heteroatoms. The Labute approximate surface area is 130 Å². The highest BCUT2D eigenvalue weighted by molar-refractivity contribution is 6.46. The molecule has 11 nitrogen and oxygen atoms in total. The number of H-pyrrole nitrogens is 1. The minimum atomic E-state index is -1.06. The molecule has 0 aliphatic rings. The van der Waals surface area contributed by atoms with Gasteiger partial charge in [0.15, 0.2) is 5.82 Å². The first kappa shape index (κ1) is 17.6. The van der Waals surface area contributed by atoms with E-state index in [-0.39, 0.29) is 24.6 Å². The molecule has 0 spiro atoms. The van der Waals surface area contributed by atoms with Crippen LogP contribution in [-0.2, 0) is 14.3 Å². The van der Waals surface area contributed by atoms with E-state index in [2.05, 4.69) is 25.5 Å². The predicted molar refractivity (Wildman–Crippen MR) is 76.4 cm³/mol. The number of nitrogens with one attached hydrogen (secondary N) is 3. The number of anilines is 1. The molecule has 0 aliphatic heterocycles. The fourth-order valence-electron chi connectivity index (χ4n) is 1.29. The summed E-state index contributed by atoms with van der Waals surface area (Å²) in [6.07, 6.45) is 0.190. The zero-order valence-electron chi connectivity index (χ0n) is 12.4. The van der Waals surface area contributed by atoms with E-state index in [1.807, 2.05) is 5.32 Å². The highest BCUT2D eigenvalue weighted by Crippen LogP contribution is 2.12. The van der Waals surface area contributed by atoms with Gasteiger partial charge in [-0.15, -0.1) is 0 Å². The zero-order valence-corrected chi connectivity index (χ0v) is 12.4. The lowest BCUT2D eigenvalue weighted by Crippen LogP contribution is -2.36. The molecule has 0 aromatic carbocycles. The summed E-state index contributed by atoms with van der Waals surface area (Å²) < 4.78 is 9.30. The SMILES string of the molecule is CCOC(=O)NC(=O)C(C#N)=NNc1[nH]ncc1C(=O)OCC. The largest absolute Gasteiger partial charge is 0.462 e. The Balaban J connectivity index is 2.80. The standard InChI is InChI=1S/C12H14N6O5/c1-3-22-11(20)7-6-14-17-9(7)18-16-8(5-13)10(19)15-12(21)23-4-2/h6H,3-4H2,1-2H3,(H2,14,17,18)(H,15,19,21). The first-order chi connectivity index (χ1) is 11.0. The van der Waals surface area contributed by atoms with E-state index in [4.69, 9.17) is 10.00 Å². The molecule has 0 atom stereocenters. The molecule has 3 N–H and O–H groups in total. The molecular weight excluding hydrogens is 308 g/mol. The van der Waals surface area contributed by atoms with Crippen molar-refractivity contribution in [2.75, 3.05) is 18.6 Å². The van der Waals surface area contributed by atoms with Crippen molar-refractivity contribution in [1.82, 2.24) is 15.5 Å². The van der Waals surface area contributed by atoms with Crippen molar-refractivity contribution in [2.24, 2.45) is 5.10 Å². The van der Waals surface area contributed by atoms with Gasteiger partial charge in [0, 0.05) is 0 Å². The van der Waals surface area contributed by atoms with Crippen LogP contribution in [0, 0.1) is 11.3 Å². The molecular formula is C12H14N6O5. The van der Waals surface area contributed by atoms with Gasteiger partial charge in [0.2, 0.25) is 5.71 Å². The third-order valence-corrected chi connectivity index (χ3v) is 2.23. The number of rotatable bonds is 6. The number of carbonyl (C=O) groups is 3. The van der Waals surface area contributed by atoms with Gasteiger partial charge in [-0.1, -0.05) is 0 Å². The third-order valence-electron chi connectivity index (χ3n) is 2.23. The molecule has 1 aromatic heterocycles. The van der Waals surface area contributed by atoms with Gasteiger partial charge in [-0.3, -0.25) is 20.6 Å². The molecule has 0 unspecified atom stereocenters. The summed E-state index contributed by atoms with van der Waals surface area (Å²) in [7, 11) is 0. The number of aromatic nitrogens is 2. The van der Waals surface area contributed by atoms with Crippen LogP contribution in [0.15, 0.2) is 11.3 Å². The quantitative estimate of drug-likeness (QED) is 0.379. The Morgan fingerprint density at radius 2 is 2.04 bits per heavy atom. The van der Waals surface area contributed by atoms with Crippen LogP contribution in [0.3, 0.4) is 0 Å². The number of esters is 1. The second-order valence-corrected chi connectivity index (χ2v) is 3.74. The van der Waals surface area contributed by atoms with Crippen LogP contribution < -0.4 is 10.7 Å². The van der Waals surface area contributed by atoms with Gasteiger partial charge in [0.25, 0.3) is 5.91 Å².